The second kappa shape index (κ2) is 9.62. The van der Waals surface area contributed by atoms with Crippen LogP contribution >= 0.6 is 11.6 Å². The topological polar surface area (TPSA) is 73.9 Å². The first-order valence-corrected chi connectivity index (χ1v) is 9.81. The molecular formula is C21H25ClN4O3. The Kier molecular flexibility index (Phi) is 6.95. The molecule has 3 amide bonds. The molecule has 154 valence electrons. The SMILES string of the molecule is COc1ccc(CN2CCN(C(=O)Nc3ccc(NC(C)=O)cc3Cl)CC2)cc1. The molecule has 1 aliphatic heterocycles. The number of ether oxygens (including phenoxy) is 1. The molecule has 8 heteroatoms. The number of hydrogen-bond donors (Lipinski definition) is 2. The molecule has 2 aromatic carbocycles. The van der Waals surface area contributed by atoms with E-state index < -0.39 is 0 Å². The second-order valence-electron chi connectivity index (χ2n) is 6.92. The van der Waals surface area contributed by atoms with Crippen molar-refractivity contribution in [3.63, 3.8) is 0 Å². The summed E-state index contributed by atoms with van der Waals surface area (Å²) in [5.41, 5.74) is 2.33. The van der Waals surface area contributed by atoms with E-state index in [0.717, 1.165) is 25.4 Å². The van der Waals surface area contributed by atoms with Crippen LogP contribution in [0.2, 0.25) is 5.02 Å². The maximum Gasteiger partial charge on any atom is 0.321 e. The van der Waals surface area contributed by atoms with Crippen molar-refractivity contribution in [3.8, 4) is 5.75 Å². The summed E-state index contributed by atoms with van der Waals surface area (Å²) in [6.07, 6.45) is 0. The largest absolute Gasteiger partial charge is 0.497 e. The van der Waals surface area contributed by atoms with Crippen LogP contribution < -0.4 is 15.4 Å². The number of nitrogens with zero attached hydrogens (tertiary/aromatic N) is 2. The van der Waals surface area contributed by atoms with Gasteiger partial charge in [-0.05, 0) is 35.9 Å². The molecule has 1 fully saturated rings. The van der Waals surface area contributed by atoms with Gasteiger partial charge in [0.1, 0.15) is 5.75 Å². The highest BCUT2D eigenvalue weighted by Crippen LogP contribution is 2.26. The van der Waals surface area contributed by atoms with E-state index in [2.05, 4.69) is 27.7 Å². The number of piperazine rings is 1. The van der Waals surface area contributed by atoms with E-state index in [1.165, 1.54) is 12.5 Å². The normalized spacial score (nSPS) is 14.4. The van der Waals surface area contributed by atoms with Crippen molar-refractivity contribution in [1.29, 1.82) is 0 Å². The maximum absolute atomic E-state index is 12.6. The van der Waals surface area contributed by atoms with Crippen LogP contribution in [-0.4, -0.2) is 55.0 Å². The predicted molar refractivity (Wildman–Crippen MR) is 115 cm³/mol. The Bertz CT molecular complexity index is 865. The molecule has 1 saturated heterocycles. The van der Waals surface area contributed by atoms with Crippen LogP contribution in [-0.2, 0) is 11.3 Å². The summed E-state index contributed by atoms with van der Waals surface area (Å²) < 4.78 is 5.19. The average molecular weight is 417 g/mol. The molecule has 2 aromatic rings. The van der Waals surface area contributed by atoms with Crippen molar-refractivity contribution < 1.29 is 14.3 Å². The van der Waals surface area contributed by atoms with Crippen molar-refractivity contribution in [2.45, 2.75) is 13.5 Å². The van der Waals surface area contributed by atoms with Gasteiger partial charge < -0.3 is 20.3 Å². The lowest BCUT2D eigenvalue weighted by atomic mass is 10.2. The number of rotatable bonds is 5. The van der Waals surface area contributed by atoms with Gasteiger partial charge >= 0.3 is 6.03 Å². The first kappa shape index (κ1) is 21.0. The molecule has 0 bridgehead atoms. The van der Waals surface area contributed by atoms with Crippen molar-refractivity contribution in [1.82, 2.24) is 9.80 Å². The number of amides is 3. The van der Waals surface area contributed by atoms with Gasteiger partial charge in [0.15, 0.2) is 0 Å². The molecule has 7 nitrogen and oxygen atoms in total. The fourth-order valence-corrected chi connectivity index (χ4v) is 3.42. The van der Waals surface area contributed by atoms with Crippen LogP contribution in [0.3, 0.4) is 0 Å². The minimum absolute atomic E-state index is 0.176. The number of urea groups is 1. The molecule has 1 heterocycles. The first-order valence-electron chi connectivity index (χ1n) is 9.43. The van der Waals surface area contributed by atoms with Crippen LogP contribution in [0.1, 0.15) is 12.5 Å². The molecule has 3 rings (SSSR count). The number of carbonyl (C=O) groups is 2. The number of nitrogens with one attached hydrogen (secondary N) is 2. The predicted octanol–water partition coefficient (Wildman–Crippen LogP) is 3.66. The number of halogens is 1. The van der Waals surface area contributed by atoms with E-state index in [0.29, 0.717) is 29.5 Å². The summed E-state index contributed by atoms with van der Waals surface area (Å²) in [5.74, 6) is 0.671. The fourth-order valence-electron chi connectivity index (χ4n) is 3.19. The molecule has 0 unspecified atom stereocenters. The quantitative estimate of drug-likeness (QED) is 0.780. The van der Waals surface area contributed by atoms with E-state index in [-0.39, 0.29) is 11.9 Å². The molecular weight excluding hydrogens is 392 g/mol. The van der Waals surface area contributed by atoms with E-state index in [4.69, 9.17) is 16.3 Å². The third-order valence-electron chi connectivity index (χ3n) is 4.76. The Labute approximate surface area is 175 Å². The Balaban J connectivity index is 1.50. The number of benzene rings is 2. The van der Waals surface area contributed by atoms with E-state index in [1.54, 1.807) is 30.2 Å². The minimum atomic E-state index is -0.178. The standard InChI is InChI=1S/C21H25ClN4O3/c1-15(27)23-17-5-8-20(19(22)13-17)24-21(28)26-11-9-25(10-12-26)14-16-3-6-18(29-2)7-4-16/h3-8,13H,9-12,14H2,1-2H3,(H,23,27)(H,24,28). The lowest BCUT2D eigenvalue weighted by molar-refractivity contribution is -0.114. The van der Waals surface area contributed by atoms with Gasteiger partial charge in [0.2, 0.25) is 5.91 Å². The zero-order valence-electron chi connectivity index (χ0n) is 16.6. The van der Waals surface area contributed by atoms with E-state index >= 15 is 0 Å². The number of anilines is 2. The molecule has 0 saturated carbocycles. The molecule has 0 radical (unpaired) electrons. The van der Waals surface area contributed by atoms with Crippen molar-refractivity contribution in [2.24, 2.45) is 0 Å². The first-order chi connectivity index (χ1) is 13.9. The van der Waals surface area contributed by atoms with Crippen LogP contribution in [0.5, 0.6) is 5.75 Å². The summed E-state index contributed by atoms with van der Waals surface area (Å²) >= 11 is 6.23. The Morgan fingerprint density at radius 1 is 1.03 bits per heavy atom. The molecule has 0 aliphatic carbocycles. The van der Waals surface area contributed by atoms with Gasteiger partial charge in [-0.1, -0.05) is 23.7 Å². The van der Waals surface area contributed by atoms with Gasteiger partial charge in [0.25, 0.3) is 0 Å². The van der Waals surface area contributed by atoms with Crippen molar-refractivity contribution in [2.75, 3.05) is 43.9 Å². The number of carbonyl (C=O) groups excluding carboxylic acids is 2. The van der Waals surface area contributed by atoms with E-state index in [9.17, 15) is 9.59 Å². The molecule has 29 heavy (non-hydrogen) atoms. The van der Waals surface area contributed by atoms with Crippen LogP contribution in [0, 0.1) is 0 Å². The Hall–Kier alpha value is -2.77. The van der Waals surface area contributed by atoms with Gasteiger partial charge in [-0.2, -0.15) is 0 Å². The van der Waals surface area contributed by atoms with Gasteiger partial charge in [-0.25, -0.2) is 4.79 Å². The third-order valence-corrected chi connectivity index (χ3v) is 5.07. The van der Waals surface area contributed by atoms with E-state index in [1.807, 2.05) is 12.1 Å². The minimum Gasteiger partial charge on any atom is -0.497 e. The Morgan fingerprint density at radius 3 is 2.31 bits per heavy atom. The molecule has 0 spiro atoms. The van der Waals surface area contributed by atoms with Crippen molar-refractivity contribution >= 4 is 34.9 Å². The Morgan fingerprint density at radius 2 is 1.72 bits per heavy atom. The zero-order chi connectivity index (χ0) is 20.8. The summed E-state index contributed by atoms with van der Waals surface area (Å²) in [6, 6.07) is 12.9. The highest BCUT2D eigenvalue weighted by atomic mass is 35.5. The highest BCUT2D eigenvalue weighted by molar-refractivity contribution is 6.34. The number of hydrogen-bond acceptors (Lipinski definition) is 4. The monoisotopic (exact) mass is 416 g/mol. The number of methoxy groups -OCH3 is 1. The molecule has 1 aliphatic rings. The molecule has 0 aromatic heterocycles. The fraction of sp³-hybridized carbons (Fsp3) is 0.333. The lowest BCUT2D eigenvalue weighted by Crippen LogP contribution is -2.49. The van der Waals surface area contributed by atoms with Gasteiger partial charge in [0, 0.05) is 45.3 Å². The summed E-state index contributed by atoms with van der Waals surface area (Å²) in [4.78, 5) is 27.8. The summed E-state index contributed by atoms with van der Waals surface area (Å²) in [7, 11) is 1.66. The molecule has 2 N–H and O–H groups in total. The lowest BCUT2D eigenvalue weighted by Gasteiger charge is -2.34. The van der Waals surface area contributed by atoms with Crippen LogP contribution in [0.15, 0.2) is 42.5 Å². The maximum atomic E-state index is 12.6. The zero-order valence-corrected chi connectivity index (χ0v) is 17.3. The van der Waals surface area contributed by atoms with Crippen LogP contribution in [0.25, 0.3) is 0 Å². The summed E-state index contributed by atoms with van der Waals surface area (Å²) in [6.45, 7) is 5.16. The van der Waals surface area contributed by atoms with Gasteiger partial charge in [0.05, 0.1) is 17.8 Å². The smallest absolute Gasteiger partial charge is 0.321 e. The second-order valence-corrected chi connectivity index (χ2v) is 7.32. The highest BCUT2D eigenvalue weighted by Gasteiger charge is 2.21. The van der Waals surface area contributed by atoms with Crippen LogP contribution in [0.4, 0.5) is 16.2 Å². The summed E-state index contributed by atoms with van der Waals surface area (Å²) in [5, 5.41) is 5.89. The third kappa shape index (κ3) is 5.85. The van der Waals surface area contributed by atoms with Gasteiger partial charge in [-0.3, -0.25) is 9.69 Å². The molecule has 0 atom stereocenters. The van der Waals surface area contributed by atoms with Gasteiger partial charge in [-0.15, -0.1) is 0 Å². The van der Waals surface area contributed by atoms with Crippen molar-refractivity contribution in [3.05, 3.63) is 53.1 Å². The average Bonchev–Trinajstić information content (AvgIpc) is 2.70.